The summed E-state index contributed by atoms with van der Waals surface area (Å²) in [6.45, 7) is 2.96. The SMILES string of the molecule is BN(Cc1nc(-c2cccc(C)n2)c(-c2ccc3ncnn3c2)[nH]1)Cc1ccccc1F. The molecule has 9 heteroatoms. The Kier molecular flexibility index (Phi) is 5.24. The average molecular weight is 425 g/mol. The van der Waals surface area contributed by atoms with E-state index in [1.54, 1.807) is 16.6 Å². The van der Waals surface area contributed by atoms with Gasteiger partial charge in [-0.15, -0.1) is 0 Å². The molecule has 0 atom stereocenters. The van der Waals surface area contributed by atoms with Gasteiger partial charge in [-0.2, -0.15) is 5.10 Å². The van der Waals surface area contributed by atoms with Crippen LogP contribution < -0.4 is 0 Å². The maximum Gasteiger partial charge on any atom is 0.186 e. The van der Waals surface area contributed by atoms with Crippen molar-refractivity contribution in [1.82, 2.24) is 34.4 Å². The van der Waals surface area contributed by atoms with Crippen LogP contribution in [0, 0.1) is 12.7 Å². The molecule has 1 aromatic carbocycles. The minimum absolute atomic E-state index is 0.203. The number of H-pyrrole nitrogens is 1. The number of rotatable bonds is 6. The lowest BCUT2D eigenvalue weighted by atomic mass is 10.1. The number of aryl methyl sites for hydroxylation is 1. The number of imidazole rings is 1. The lowest BCUT2D eigenvalue weighted by molar-refractivity contribution is 0.421. The Labute approximate surface area is 185 Å². The molecule has 0 amide bonds. The molecule has 0 spiro atoms. The molecule has 4 aromatic heterocycles. The topological polar surface area (TPSA) is 75.0 Å². The van der Waals surface area contributed by atoms with Crippen molar-refractivity contribution in [2.45, 2.75) is 20.0 Å². The molecule has 0 aliphatic heterocycles. The summed E-state index contributed by atoms with van der Waals surface area (Å²) in [4.78, 5) is 19.2. The summed E-state index contributed by atoms with van der Waals surface area (Å²) in [5.41, 5.74) is 5.68. The van der Waals surface area contributed by atoms with Gasteiger partial charge in [-0.05, 0) is 37.3 Å². The zero-order valence-corrected chi connectivity index (χ0v) is 17.8. The minimum Gasteiger partial charge on any atom is -0.340 e. The van der Waals surface area contributed by atoms with Crippen molar-refractivity contribution in [3.63, 3.8) is 0 Å². The van der Waals surface area contributed by atoms with E-state index in [-0.39, 0.29) is 5.82 Å². The highest BCUT2D eigenvalue weighted by atomic mass is 19.1. The largest absolute Gasteiger partial charge is 0.340 e. The number of halogens is 1. The van der Waals surface area contributed by atoms with E-state index in [9.17, 15) is 4.39 Å². The second kappa shape index (κ2) is 8.35. The average Bonchev–Trinajstić information content (AvgIpc) is 3.42. The minimum atomic E-state index is -0.203. The fraction of sp³-hybridized carbons (Fsp3) is 0.130. The van der Waals surface area contributed by atoms with E-state index in [4.69, 9.17) is 4.98 Å². The van der Waals surface area contributed by atoms with Crippen molar-refractivity contribution < 1.29 is 4.39 Å². The van der Waals surface area contributed by atoms with Crippen LogP contribution in [-0.2, 0) is 13.1 Å². The fourth-order valence-electron chi connectivity index (χ4n) is 3.76. The Morgan fingerprint density at radius 3 is 2.75 bits per heavy atom. The molecule has 7 nitrogen and oxygen atoms in total. The van der Waals surface area contributed by atoms with Gasteiger partial charge >= 0.3 is 0 Å². The Balaban J connectivity index is 1.51. The number of nitrogens with zero attached hydrogens (tertiary/aromatic N) is 6. The Bertz CT molecular complexity index is 1390. The van der Waals surface area contributed by atoms with Crippen LogP contribution in [0.3, 0.4) is 0 Å². The number of aromatic nitrogens is 6. The number of hydrogen-bond donors (Lipinski definition) is 1. The third-order valence-corrected chi connectivity index (χ3v) is 5.26. The number of nitrogens with one attached hydrogen (secondary N) is 1. The number of hydrogen-bond acceptors (Lipinski definition) is 5. The van der Waals surface area contributed by atoms with Crippen molar-refractivity contribution in [3.8, 4) is 22.6 Å². The monoisotopic (exact) mass is 425 g/mol. The lowest BCUT2D eigenvalue weighted by Gasteiger charge is -2.16. The predicted octanol–water partition coefficient (Wildman–Crippen LogP) is 3.18. The van der Waals surface area contributed by atoms with Gasteiger partial charge in [-0.3, -0.25) is 4.98 Å². The van der Waals surface area contributed by atoms with Crippen molar-refractivity contribution in [3.05, 3.63) is 90.0 Å². The van der Waals surface area contributed by atoms with E-state index in [1.165, 1.54) is 12.4 Å². The number of pyridine rings is 2. The summed E-state index contributed by atoms with van der Waals surface area (Å²) in [6, 6.07) is 16.6. The predicted molar refractivity (Wildman–Crippen MR) is 123 cm³/mol. The van der Waals surface area contributed by atoms with Gasteiger partial charge in [0.15, 0.2) is 13.6 Å². The summed E-state index contributed by atoms with van der Waals surface area (Å²) in [6.07, 6.45) is 3.44. The van der Waals surface area contributed by atoms with Crippen molar-refractivity contribution in [1.29, 1.82) is 0 Å². The van der Waals surface area contributed by atoms with Crippen LogP contribution in [0.2, 0.25) is 0 Å². The van der Waals surface area contributed by atoms with Crippen LogP contribution in [-0.4, -0.2) is 42.3 Å². The molecular formula is C23H21BFN7. The number of aromatic amines is 1. The van der Waals surface area contributed by atoms with E-state index < -0.39 is 0 Å². The summed E-state index contributed by atoms with van der Waals surface area (Å²) in [5.74, 6) is 0.570. The Hall–Kier alpha value is -3.85. The Morgan fingerprint density at radius 2 is 1.91 bits per heavy atom. The first-order chi connectivity index (χ1) is 15.6. The molecule has 0 unspecified atom stereocenters. The molecule has 0 bridgehead atoms. The molecular weight excluding hydrogens is 404 g/mol. The number of benzene rings is 1. The summed E-state index contributed by atoms with van der Waals surface area (Å²) >= 11 is 0. The molecule has 0 saturated heterocycles. The van der Waals surface area contributed by atoms with E-state index in [0.29, 0.717) is 18.7 Å². The molecule has 1 N–H and O–H groups in total. The standard InChI is InChI=1S/C23H21BFN7/c1-15-5-4-8-19(28-15)23-22(17-9-10-21-26-14-27-32(21)12-17)29-20(30-23)13-31(24)11-16-6-2-3-7-18(16)25/h2-10,12,14H,11,13,24H2,1H3,(H,29,30). The van der Waals surface area contributed by atoms with Crippen molar-refractivity contribution in [2.75, 3.05) is 0 Å². The van der Waals surface area contributed by atoms with Crippen LogP contribution in [0.5, 0.6) is 0 Å². The molecule has 0 aliphatic rings. The highest BCUT2D eigenvalue weighted by molar-refractivity contribution is 6.04. The van der Waals surface area contributed by atoms with Crippen molar-refractivity contribution >= 4 is 13.6 Å². The second-order valence-corrected chi connectivity index (χ2v) is 7.82. The smallest absolute Gasteiger partial charge is 0.186 e. The van der Waals surface area contributed by atoms with E-state index >= 15 is 0 Å². The summed E-state index contributed by atoms with van der Waals surface area (Å²) in [5, 5.41) is 4.24. The van der Waals surface area contributed by atoms with Gasteiger partial charge in [-0.25, -0.2) is 18.9 Å². The zero-order valence-electron chi connectivity index (χ0n) is 17.8. The van der Waals surface area contributed by atoms with Crippen LogP contribution in [0.15, 0.2) is 67.1 Å². The molecule has 0 radical (unpaired) electrons. The first kappa shape index (κ1) is 20.1. The molecule has 158 valence electrons. The van der Waals surface area contributed by atoms with Gasteiger partial charge in [0.1, 0.15) is 23.7 Å². The van der Waals surface area contributed by atoms with Gasteiger partial charge in [0, 0.05) is 36.1 Å². The molecule has 5 aromatic rings. The first-order valence-corrected chi connectivity index (χ1v) is 10.3. The molecule has 0 saturated carbocycles. The van der Waals surface area contributed by atoms with Gasteiger partial charge in [0.05, 0.1) is 11.4 Å². The third-order valence-electron chi connectivity index (χ3n) is 5.26. The second-order valence-electron chi connectivity index (χ2n) is 7.82. The maximum absolute atomic E-state index is 14.1. The fourth-order valence-corrected chi connectivity index (χ4v) is 3.76. The quantitative estimate of drug-likeness (QED) is 0.423. The van der Waals surface area contributed by atoms with Gasteiger partial charge in [0.25, 0.3) is 0 Å². The van der Waals surface area contributed by atoms with Crippen LogP contribution in [0.1, 0.15) is 17.1 Å². The Morgan fingerprint density at radius 1 is 1.03 bits per heavy atom. The van der Waals surface area contributed by atoms with Gasteiger partial charge < -0.3 is 9.79 Å². The van der Waals surface area contributed by atoms with Gasteiger partial charge in [-0.1, -0.05) is 24.3 Å². The van der Waals surface area contributed by atoms with Gasteiger partial charge in [0.2, 0.25) is 0 Å². The zero-order chi connectivity index (χ0) is 22.1. The van der Waals surface area contributed by atoms with Crippen molar-refractivity contribution in [2.24, 2.45) is 0 Å². The normalized spacial score (nSPS) is 11.5. The molecule has 0 aliphatic carbocycles. The summed E-state index contributed by atoms with van der Waals surface area (Å²) in [7, 11) is 1.95. The van der Waals surface area contributed by atoms with Crippen LogP contribution in [0.4, 0.5) is 4.39 Å². The maximum atomic E-state index is 14.1. The van der Waals surface area contributed by atoms with E-state index in [1.807, 2.05) is 62.3 Å². The van der Waals surface area contributed by atoms with Crippen LogP contribution in [0.25, 0.3) is 28.3 Å². The first-order valence-electron chi connectivity index (χ1n) is 10.3. The molecule has 4 heterocycles. The summed E-state index contributed by atoms with van der Waals surface area (Å²) < 4.78 is 15.8. The van der Waals surface area contributed by atoms with E-state index in [0.717, 1.165) is 39.8 Å². The third kappa shape index (κ3) is 4.02. The highest BCUT2D eigenvalue weighted by Crippen LogP contribution is 2.29. The van der Waals surface area contributed by atoms with E-state index in [2.05, 4.69) is 20.1 Å². The lowest BCUT2D eigenvalue weighted by Crippen LogP contribution is -2.20. The highest BCUT2D eigenvalue weighted by Gasteiger charge is 2.17. The molecule has 0 fully saturated rings. The number of fused-ring (bicyclic) bond motifs is 1. The molecule has 5 rings (SSSR count). The molecule has 32 heavy (non-hydrogen) atoms. The van der Waals surface area contributed by atoms with Crippen LogP contribution >= 0.6 is 0 Å².